The number of carbonyl (C=O) groups excluding carboxylic acids is 2. The van der Waals surface area contributed by atoms with E-state index in [9.17, 15) is 9.59 Å². The molecule has 22 heavy (non-hydrogen) atoms. The molecule has 2 rings (SSSR count). The van der Waals surface area contributed by atoms with Crippen molar-refractivity contribution in [2.24, 2.45) is 0 Å². The SMILES string of the molecule is CC(=O)Nc1ccc(OCC(=O)NC(C)c2cccs2)cc1. The quantitative estimate of drug-likeness (QED) is 0.860. The zero-order chi connectivity index (χ0) is 15.9. The smallest absolute Gasteiger partial charge is 0.258 e. The van der Waals surface area contributed by atoms with Crippen LogP contribution in [0.1, 0.15) is 24.8 Å². The van der Waals surface area contributed by atoms with E-state index >= 15 is 0 Å². The lowest BCUT2D eigenvalue weighted by Gasteiger charge is -2.13. The van der Waals surface area contributed by atoms with Gasteiger partial charge in [0.2, 0.25) is 5.91 Å². The summed E-state index contributed by atoms with van der Waals surface area (Å²) in [6, 6.07) is 10.8. The van der Waals surface area contributed by atoms with Crippen LogP contribution in [0.3, 0.4) is 0 Å². The van der Waals surface area contributed by atoms with Crippen molar-refractivity contribution < 1.29 is 14.3 Å². The van der Waals surface area contributed by atoms with Crippen molar-refractivity contribution in [1.82, 2.24) is 5.32 Å². The van der Waals surface area contributed by atoms with Gasteiger partial charge in [0.1, 0.15) is 5.75 Å². The van der Waals surface area contributed by atoms with Crippen LogP contribution in [0.4, 0.5) is 5.69 Å². The molecule has 0 fully saturated rings. The maximum atomic E-state index is 11.8. The van der Waals surface area contributed by atoms with E-state index < -0.39 is 0 Å². The highest BCUT2D eigenvalue weighted by Crippen LogP contribution is 2.18. The molecule has 0 radical (unpaired) electrons. The third-order valence-electron chi connectivity index (χ3n) is 2.89. The highest BCUT2D eigenvalue weighted by Gasteiger charge is 2.10. The van der Waals surface area contributed by atoms with Gasteiger partial charge in [-0.05, 0) is 42.6 Å². The molecule has 0 aliphatic heterocycles. The van der Waals surface area contributed by atoms with E-state index in [1.807, 2.05) is 24.4 Å². The van der Waals surface area contributed by atoms with E-state index in [2.05, 4.69) is 10.6 Å². The lowest BCUT2D eigenvalue weighted by molar-refractivity contribution is -0.123. The summed E-state index contributed by atoms with van der Waals surface area (Å²) in [6.45, 7) is 3.34. The minimum Gasteiger partial charge on any atom is -0.484 e. The van der Waals surface area contributed by atoms with Gasteiger partial charge in [0.05, 0.1) is 6.04 Å². The number of benzene rings is 1. The molecule has 1 aromatic heterocycles. The first-order valence-electron chi connectivity index (χ1n) is 6.88. The Morgan fingerprint density at radius 1 is 1.23 bits per heavy atom. The van der Waals surface area contributed by atoms with Crippen LogP contribution in [0.15, 0.2) is 41.8 Å². The molecule has 116 valence electrons. The number of thiophene rings is 1. The minimum absolute atomic E-state index is 0.0294. The van der Waals surface area contributed by atoms with Gasteiger partial charge in [-0.1, -0.05) is 6.07 Å². The van der Waals surface area contributed by atoms with E-state index in [1.54, 1.807) is 35.6 Å². The maximum absolute atomic E-state index is 11.8. The van der Waals surface area contributed by atoms with E-state index in [4.69, 9.17) is 4.74 Å². The predicted molar refractivity (Wildman–Crippen MR) is 87.1 cm³/mol. The summed E-state index contributed by atoms with van der Waals surface area (Å²) in [5.74, 6) is 0.274. The fourth-order valence-electron chi connectivity index (χ4n) is 1.88. The number of ether oxygens (including phenoxy) is 1. The van der Waals surface area contributed by atoms with Crippen molar-refractivity contribution in [2.45, 2.75) is 19.9 Å². The molecule has 0 aliphatic rings. The Kier molecular flexibility index (Phi) is 5.55. The Morgan fingerprint density at radius 3 is 2.55 bits per heavy atom. The molecule has 1 aromatic carbocycles. The van der Waals surface area contributed by atoms with E-state index in [-0.39, 0.29) is 24.5 Å². The van der Waals surface area contributed by atoms with E-state index in [0.29, 0.717) is 11.4 Å². The van der Waals surface area contributed by atoms with E-state index in [1.165, 1.54) is 6.92 Å². The summed E-state index contributed by atoms with van der Waals surface area (Å²) in [6.07, 6.45) is 0. The van der Waals surface area contributed by atoms with Crippen molar-refractivity contribution in [2.75, 3.05) is 11.9 Å². The fraction of sp³-hybridized carbons (Fsp3) is 0.250. The molecular formula is C16H18N2O3S. The zero-order valence-electron chi connectivity index (χ0n) is 12.5. The Morgan fingerprint density at radius 2 is 1.95 bits per heavy atom. The monoisotopic (exact) mass is 318 g/mol. The summed E-state index contributed by atoms with van der Waals surface area (Å²) < 4.78 is 5.42. The standard InChI is InChI=1S/C16H18N2O3S/c1-11(15-4-3-9-22-15)17-16(20)10-21-14-7-5-13(6-8-14)18-12(2)19/h3-9,11H,10H2,1-2H3,(H,17,20)(H,18,19). The highest BCUT2D eigenvalue weighted by atomic mass is 32.1. The molecule has 0 saturated heterocycles. The van der Waals surface area contributed by atoms with E-state index in [0.717, 1.165) is 4.88 Å². The molecule has 1 unspecified atom stereocenters. The largest absolute Gasteiger partial charge is 0.484 e. The first-order valence-corrected chi connectivity index (χ1v) is 7.76. The molecule has 0 spiro atoms. The highest BCUT2D eigenvalue weighted by molar-refractivity contribution is 7.10. The second-order valence-electron chi connectivity index (χ2n) is 4.80. The van der Waals surface area contributed by atoms with Gasteiger partial charge in [-0.2, -0.15) is 0 Å². The van der Waals surface area contributed by atoms with Crippen molar-refractivity contribution in [3.63, 3.8) is 0 Å². The zero-order valence-corrected chi connectivity index (χ0v) is 13.3. The Hall–Kier alpha value is -2.34. The number of rotatable bonds is 6. The third kappa shape index (κ3) is 4.89. The van der Waals surface area contributed by atoms with Crippen LogP contribution < -0.4 is 15.4 Å². The second-order valence-corrected chi connectivity index (χ2v) is 5.78. The molecule has 6 heteroatoms. The van der Waals surface area contributed by atoms with Crippen LogP contribution in [0.5, 0.6) is 5.75 Å². The van der Waals surface area contributed by atoms with Gasteiger partial charge in [0.15, 0.2) is 6.61 Å². The summed E-state index contributed by atoms with van der Waals surface area (Å²) in [5, 5.41) is 7.52. The Balaban J connectivity index is 1.79. The van der Waals surface area contributed by atoms with Gasteiger partial charge >= 0.3 is 0 Å². The number of hydrogen-bond donors (Lipinski definition) is 2. The number of amides is 2. The topological polar surface area (TPSA) is 67.4 Å². The van der Waals surface area contributed by atoms with Crippen molar-refractivity contribution in [3.05, 3.63) is 46.7 Å². The lowest BCUT2D eigenvalue weighted by Crippen LogP contribution is -2.30. The molecule has 2 aromatic rings. The van der Waals surface area contributed by atoms with Crippen LogP contribution >= 0.6 is 11.3 Å². The number of carbonyl (C=O) groups is 2. The first kappa shape index (κ1) is 16.0. The lowest BCUT2D eigenvalue weighted by atomic mass is 10.3. The van der Waals surface area contributed by atoms with Crippen LogP contribution in [0.2, 0.25) is 0 Å². The summed E-state index contributed by atoms with van der Waals surface area (Å²) in [4.78, 5) is 23.9. The first-order chi connectivity index (χ1) is 10.5. The van der Waals surface area contributed by atoms with Gasteiger partial charge in [-0.15, -0.1) is 11.3 Å². The second kappa shape index (κ2) is 7.61. The molecule has 0 bridgehead atoms. The molecule has 2 N–H and O–H groups in total. The Bertz CT molecular complexity index is 623. The molecular weight excluding hydrogens is 300 g/mol. The normalized spacial score (nSPS) is 11.5. The van der Waals surface area contributed by atoms with Crippen LogP contribution in [0, 0.1) is 0 Å². The van der Waals surface area contributed by atoms with Crippen LogP contribution in [0.25, 0.3) is 0 Å². The summed E-state index contributed by atoms with van der Waals surface area (Å²) in [5.41, 5.74) is 0.690. The molecule has 5 nitrogen and oxygen atoms in total. The average Bonchev–Trinajstić information content (AvgIpc) is 3.00. The summed E-state index contributed by atoms with van der Waals surface area (Å²) >= 11 is 1.60. The van der Waals surface area contributed by atoms with Gasteiger partial charge in [-0.25, -0.2) is 0 Å². The maximum Gasteiger partial charge on any atom is 0.258 e. The third-order valence-corrected chi connectivity index (χ3v) is 3.95. The van der Waals surface area contributed by atoms with Crippen LogP contribution in [-0.4, -0.2) is 18.4 Å². The molecule has 0 saturated carbocycles. The fourth-order valence-corrected chi connectivity index (χ4v) is 2.61. The van der Waals surface area contributed by atoms with Gasteiger partial charge < -0.3 is 15.4 Å². The average molecular weight is 318 g/mol. The summed E-state index contributed by atoms with van der Waals surface area (Å²) in [7, 11) is 0. The number of nitrogens with one attached hydrogen (secondary N) is 2. The predicted octanol–water partition coefficient (Wildman–Crippen LogP) is 2.96. The van der Waals surface area contributed by atoms with Gasteiger partial charge in [0.25, 0.3) is 5.91 Å². The van der Waals surface area contributed by atoms with Gasteiger partial charge in [-0.3, -0.25) is 9.59 Å². The molecule has 2 amide bonds. The van der Waals surface area contributed by atoms with Gasteiger partial charge in [0, 0.05) is 17.5 Å². The Labute approximate surface area is 133 Å². The van der Waals surface area contributed by atoms with Crippen LogP contribution in [-0.2, 0) is 9.59 Å². The van der Waals surface area contributed by atoms with Crippen molar-refractivity contribution >= 4 is 28.8 Å². The number of hydrogen-bond acceptors (Lipinski definition) is 4. The minimum atomic E-state index is -0.174. The molecule has 0 aliphatic carbocycles. The molecule has 1 atom stereocenters. The number of anilines is 1. The van der Waals surface area contributed by atoms with Crippen molar-refractivity contribution in [1.29, 1.82) is 0 Å². The molecule has 1 heterocycles. The van der Waals surface area contributed by atoms with Crippen molar-refractivity contribution in [3.8, 4) is 5.75 Å².